The van der Waals surface area contributed by atoms with E-state index in [1.807, 2.05) is 4.98 Å². The third-order valence-corrected chi connectivity index (χ3v) is 2.46. The number of aliphatic hydroxyl groups excluding tert-OH is 1. The predicted octanol–water partition coefficient (Wildman–Crippen LogP) is -0.846. The fraction of sp³-hybridized carbons (Fsp3) is 0.556. The molecule has 0 aliphatic carbocycles. The van der Waals surface area contributed by atoms with Crippen LogP contribution in [0.1, 0.15) is 12.6 Å². The maximum absolute atomic E-state index is 13.5. The van der Waals surface area contributed by atoms with Gasteiger partial charge in [0.25, 0.3) is 5.56 Å². The maximum atomic E-state index is 13.5. The fourth-order valence-corrected chi connectivity index (χ4v) is 1.69. The van der Waals surface area contributed by atoms with Gasteiger partial charge in [0, 0.05) is 18.7 Å². The molecule has 0 amide bonds. The molecule has 1 aromatic heterocycles. The summed E-state index contributed by atoms with van der Waals surface area (Å²) < 4.78 is 19.6. The molecular formula is C9H11FN2O4. The molecule has 1 aromatic rings. The molecule has 16 heavy (non-hydrogen) atoms. The standard InChI is InChI=1S/C9H11FN2O4/c10-6-3-5(4-13)16-8(6)12-2-1-7(14)11-9(12)15/h1-2,5-6,8,13H,3-4H2,(H,11,14,15)/t5-,6-,8+/m0/s1. The molecule has 0 saturated carbocycles. The fourth-order valence-electron chi connectivity index (χ4n) is 1.69. The smallest absolute Gasteiger partial charge is 0.330 e. The Kier molecular flexibility index (Phi) is 2.88. The Morgan fingerprint density at radius 3 is 2.94 bits per heavy atom. The molecule has 7 heteroatoms. The van der Waals surface area contributed by atoms with Gasteiger partial charge in [-0.1, -0.05) is 0 Å². The maximum Gasteiger partial charge on any atom is 0.330 e. The van der Waals surface area contributed by atoms with Crippen LogP contribution in [0.15, 0.2) is 21.9 Å². The predicted molar refractivity (Wildman–Crippen MR) is 51.8 cm³/mol. The van der Waals surface area contributed by atoms with Gasteiger partial charge >= 0.3 is 5.69 Å². The van der Waals surface area contributed by atoms with Crippen molar-refractivity contribution in [2.45, 2.75) is 24.9 Å². The zero-order valence-corrected chi connectivity index (χ0v) is 8.30. The number of nitrogens with one attached hydrogen (secondary N) is 1. The lowest BCUT2D eigenvalue weighted by molar-refractivity contribution is -0.0394. The van der Waals surface area contributed by atoms with E-state index < -0.39 is 29.8 Å². The molecule has 2 heterocycles. The highest BCUT2D eigenvalue weighted by molar-refractivity contribution is 4.88. The summed E-state index contributed by atoms with van der Waals surface area (Å²) in [4.78, 5) is 24.2. The third kappa shape index (κ3) is 1.91. The molecule has 88 valence electrons. The topological polar surface area (TPSA) is 84.3 Å². The monoisotopic (exact) mass is 230 g/mol. The van der Waals surface area contributed by atoms with Gasteiger partial charge in [-0.25, -0.2) is 9.18 Å². The van der Waals surface area contributed by atoms with Crippen LogP contribution in [-0.4, -0.2) is 33.5 Å². The summed E-state index contributed by atoms with van der Waals surface area (Å²) in [6.07, 6.45) is -1.86. The SMILES string of the molecule is O=c1ccn([C@@H]2O[C@H](CO)C[C@@H]2F)c(=O)[nH]1. The van der Waals surface area contributed by atoms with E-state index >= 15 is 0 Å². The van der Waals surface area contributed by atoms with Crippen LogP contribution >= 0.6 is 0 Å². The highest BCUT2D eigenvalue weighted by atomic mass is 19.1. The van der Waals surface area contributed by atoms with Gasteiger partial charge in [0.2, 0.25) is 0 Å². The van der Waals surface area contributed by atoms with E-state index in [4.69, 9.17) is 9.84 Å². The second-order valence-electron chi connectivity index (χ2n) is 3.60. The van der Waals surface area contributed by atoms with E-state index in [0.717, 1.165) is 10.6 Å². The van der Waals surface area contributed by atoms with Crippen LogP contribution in [0.3, 0.4) is 0 Å². The minimum Gasteiger partial charge on any atom is -0.394 e. The van der Waals surface area contributed by atoms with E-state index in [1.54, 1.807) is 0 Å². The first-order valence-corrected chi connectivity index (χ1v) is 4.83. The van der Waals surface area contributed by atoms with Crippen LogP contribution in [0.4, 0.5) is 4.39 Å². The number of aromatic amines is 1. The molecule has 1 aliphatic heterocycles. The van der Waals surface area contributed by atoms with Crippen molar-refractivity contribution in [2.75, 3.05) is 6.61 Å². The minimum absolute atomic E-state index is 0.0345. The Bertz CT molecular complexity index is 483. The average Bonchev–Trinajstić information content (AvgIpc) is 2.60. The number of rotatable bonds is 2. The van der Waals surface area contributed by atoms with Crippen LogP contribution in [0.5, 0.6) is 0 Å². The van der Waals surface area contributed by atoms with Gasteiger partial charge in [0.15, 0.2) is 6.23 Å². The van der Waals surface area contributed by atoms with E-state index in [2.05, 4.69) is 0 Å². The van der Waals surface area contributed by atoms with E-state index in [1.165, 1.54) is 6.20 Å². The van der Waals surface area contributed by atoms with Crippen LogP contribution in [0, 0.1) is 0 Å². The molecule has 0 unspecified atom stereocenters. The first-order chi connectivity index (χ1) is 7.61. The van der Waals surface area contributed by atoms with Gasteiger partial charge in [-0.15, -0.1) is 0 Å². The first kappa shape index (κ1) is 11.0. The molecule has 2 rings (SSSR count). The highest BCUT2D eigenvalue weighted by Gasteiger charge is 2.36. The van der Waals surface area contributed by atoms with Gasteiger partial charge < -0.3 is 9.84 Å². The quantitative estimate of drug-likeness (QED) is 0.693. The number of alkyl halides is 1. The molecule has 1 aliphatic rings. The van der Waals surface area contributed by atoms with Crippen molar-refractivity contribution in [3.05, 3.63) is 33.1 Å². The average molecular weight is 230 g/mol. The molecule has 0 spiro atoms. The van der Waals surface area contributed by atoms with Gasteiger partial charge in [-0.3, -0.25) is 14.3 Å². The number of ether oxygens (including phenoxy) is 1. The summed E-state index contributed by atoms with van der Waals surface area (Å²) in [5, 5.41) is 8.83. The molecule has 1 saturated heterocycles. The van der Waals surface area contributed by atoms with Crippen molar-refractivity contribution >= 4 is 0 Å². The van der Waals surface area contributed by atoms with Crippen molar-refractivity contribution in [3.63, 3.8) is 0 Å². The Hall–Kier alpha value is -1.47. The summed E-state index contributed by atoms with van der Waals surface area (Å²) >= 11 is 0. The molecular weight excluding hydrogens is 219 g/mol. The number of nitrogens with zero attached hydrogens (tertiary/aromatic N) is 1. The number of halogens is 1. The second-order valence-corrected chi connectivity index (χ2v) is 3.60. The van der Waals surface area contributed by atoms with Gasteiger partial charge in [-0.05, 0) is 0 Å². The molecule has 0 radical (unpaired) electrons. The lowest BCUT2D eigenvalue weighted by atomic mass is 10.2. The lowest BCUT2D eigenvalue weighted by Gasteiger charge is -2.15. The zero-order valence-electron chi connectivity index (χ0n) is 8.30. The Morgan fingerprint density at radius 1 is 1.62 bits per heavy atom. The lowest BCUT2D eigenvalue weighted by Crippen LogP contribution is -2.34. The molecule has 1 fully saturated rings. The largest absolute Gasteiger partial charge is 0.394 e. The van der Waals surface area contributed by atoms with E-state index in [9.17, 15) is 14.0 Å². The Labute approximate surface area is 89.3 Å². The first-order valence-electron chi connectivity index (χ1n) is 4.83. The number of aromatic nitrogens is 2. The van der Waals surface area contributed by atoms with Crippen molar-refractivity contribution in [3.8, 4) is 0 Å². The van der Waals surface area contributed by atoms with Crippen molar-refractivity contribution < 1.29 is 14.2 Å². The number of hydrogen-bond donors (Lipinski definition) is 2. The van der Waals surface area contributed by atoms with Crippen molar-refractivity contribution in [2.24, 2.45) is 0 Å². The van der Waals surface area contributed by atoms with Crippen LogP contribution in [0.2, 0.25) is 0 Å². The highest BCUT2D eigenvalue weighted by Crippen LogP contribution is 2.29. The van der Waals surface area contributed by atoms with Crippen molar-refractivity contribution in [1.29, 1.82) is 0 Å². The van der Waals surface area contributed by atoms with Crippen LogP contribution in [0.25, 0.3) is 0 Å². The second kappa shape index (κ2) is 4.18. The molecule has 6 nitrogen and oxygen atoms in total. The Balaban J connectivity index is 2.31. The summed E-state index contributed by atoms with van der Waals surface area (Å²) in [5.41, 5.74) is -1.27. The van der Waals surface area contributed by atoms with Crippen molar-refractivity contribution in [1.82, 2.24) is 9.55 Å². The minimum atomic E-state index is -1.37. The summed E-state index contributed by atoms with van der Waals surface area (Å²) in [5.74, 6) is 0. The third-order valence-electron chi connectivity index (χ3n) is 2.46. The number of hydrogen-bond acceptors (Lipinski definition) is 4. The molecule has 0 aromatic carbocycles. The summed E-state index contributed by atoms with van der Waals surface area (Å²) in [7, 11) is 0. The Morgan fingerprint density at radius 2 is 2.38 bits per heavy atom. The molecule has 0 bridgehead atoms. The number of aliphatic hydroxyl groups is 1. The van der Waals surface area contributed by atoms with Crippen LogP contribution < -0.4 is 11.2 Å². The normalized spacial score (nSPS) is 29.5. The van der Waals surface area contributed by atoms with E-state index in [-0.39, 0.29) is 13.0 Å². The summed E-state index contributed by atoms with van der Waals surface area (Å²) in [6, 6.07) is 1.11. The van der Waals surface area contributed by atoms with Gasteiger partial charge in [-0.2, -0.15) is 0 Å². The summed E-state index contributed by atoms with van der Waals surface area (Å²) in [6.45, 7) is -0.297. The molecule has 2 N–H and O–H groups in total. The van der Waals surface area contributed by atoms with Crippen LogP contribution in [-0.2, 0) is 4.74 Å². The van der Waals surface area contributed by atoms with E-state index in [0.29, 0.717) is 0 Å². The number of H-pyrrole nitrogens is 1. The van der Waals surface area contributed by atoms with Gasteiger partial charge in [0.05, 0.1) is 12.7 Å². The molecule has 3 atom stereocenters. The zero-order chi connectivity index (χ0) is 11.7. The van der Waals surface area contributed by atoms with Gasteiger partial charge in [0.1, 0.15) is 6.17 Å².